The Labute approximate surface area is 130 Å². The van der Waals surface area contributed by atoms with Gasteiger partial charge >= 0.3 is 5.69 Å². The Morgan fingerprint density at radius 2 is 2.14 bits per heavy atom. The van der Waals surface area contributed by atoms with Gasteiger partial charge in [0.25, 0.3) is 5.56 Å². The van der Waals surface area contributed by atoms with Gasteiger partial charge in [-0.1, -0.05) is 23.7 Å². The number of rotatable bonds is 5. The number of nitrogens with zero attached hydrogens (tertiary/aromatic N) is 1. The van der Waals surface area contributed by atoms with Crippen molar-refractivity contribution in [3.63, 3.8) is 0 Å². The van der Waals surface area contributed by atoms with Crippen LogP contribution in [-0.2, 0) is 6.54 Å². The molecule has 1 heterocycles. The summed E-state index contributed by atoms with van der Waals surface area (Å²) in [5.41, 5.74) is -0.596. The van der Waals surface area contributed by atoms with E-state index in [1.54, 1.807) is 17.8 Å². The number of nitrogens with one attached hydrogen (secondary N) is 1. The topological polar surface area (TPSA) is 54.9 Å². The summed E-state index contributed by atoms with van der Waals surface area (Å²) in [5.74, 6) is 0.368. The fourth-order valence-corrected chi connectivity index (χ4v) is 2.70. The second-order valence-electron chi connectivity index (χ2n) is 4.43. The van der Waals surface area contributed by atoms with E-state index < -0.39 is 17.1 Å². The van der Waals surface area contributed by atoms with Crippen LogP contribution in [0.15, 0.2) is 33.9 Å². The Balaban J connectivity index is 2.54. The van der Waals surface area contributed by atoms with Crippen LogP contribution in [0.3, 0.4) is 0 Å². The molecule has 0 fully saturated rings. The van der Waals surface area contributed by atoms with Crippen molar-refractivity contribution in [2.45, 2.75) is 13.0 Å². The molecule has 0 amide bonds. The largest absolute Gasteiger partial charge is 0.329 e. The second kappa shape index (κ2) is 6.95. The second-order valence-corrected chi connectivity index (χ2v) is 5.80. The molecule has 0 aliphatic carbocycles. The first kappa shape index (κ1) is 15.9. The summed E-state index contributed by atoms with van der Waals surface area (Å²) < 4.78 is 14.4. The quantitative estimate of drug-likeness (QED) is 0.678. The number of hydrogen-bond acceptors (Lipinski definition) is 3. The molecule has 0 unspecified atom stereocenters. The van der Waals surface area contributed by atoms with Gasteiger partial charge in [-0.15, -0.1) is 0 Å². The van der Waals surface area contributed by atoms with Crippen molar-refractivity contribution in [1.82, 2.24) is 9.55 Å². The lowest BCUT2D eigenvalue weighted by atomic mass is 10.1. The van der Waals surface area contributed by atoms with Gasteiger partial charge in [-0.25, -0.2) is 9.18 Å². The van der Waals surface area contributed by atoms with Gasteiger partial charge in [0.2, 0.25) is 0 Å². The molecule has 2 aromatic rings. The smallest absolute Gasteiger partial charge is 0.297 e. The summed E-state index contributed by atoms with van der Waals surface area (Å²) in [6.45, 7) is 0.300. The van der Waals surface area contributed by atoms with Crippen molar-refractivity contribution >= 4 is 23.4 Å². The van der Waals surface area contributed by atoms with Crippen LogP contribution in [0.2, 0.25) is 5.15 Å². The van der Waals surface area contributed by atoms with E-state index in [4.69, 9.17) is 11.6 Å². The van der Waals surface area contributed by atoms with E-state index in [9.17, 15) is 14.0 Å². The summed E-state index contributed by atoms with van der Waals surface area (Å²) in [5, 5.41) is -0.0725. The number of thioether (sulfide) groups is 1. The molecule has 4 nitrogen and oxygen atoms in total. The molecule has 1 aromatic heterocycles. The maximum atomic E-state index is 13.3. The highest BCUT2D eigenvalue weighted by Crippen LogP contribution is 2.22. The molecule has 1 aromatic carbocycles. The first-order chi connectivity index (χ1) is 10.0. The Kier molecular flexibility index (Phi) is 5.25. The number of halogens is 2. The molecule has 112 valence electrons. The van der Waals surface area contributed by atoms with E-state index >= 15 is 0 Å². The highest BCUT2D eigenvalue weighted by atomic mass is 35.5. The number of H-pyrrole nitrogens is 1. The zero-order chi connectivity index (χ0) is 15.4. The van der Waals surface area contributed by atoms with Crippen LogP contribution in [-0.4, -0.2) is 21.6 Å². The average molecular weight is 329 g/mol. The van der Waals surface area contributed by atoms with Crippen molar-refractivity contribution < 1.29 is 4.39 Å². The van der Waals surface area contributed by atoms with Crippen molar-refractivity contribution in [3.05, 3.63) is 56.1 Å². The van der Waals surface area contributed by atoms with Crippen LogP contribution >= 0.6 is 23.4 Å². The molecular weight excluding hydrogens is 315 g/mol. The predicted molar refractivity (Wildman–Crippen MR) is 84.7 cm³/mol. The van der Waals surface area contributed by atoms with Crippen LogP contribution in [0.25, 0.3) is 11.1 Å². The van der Waals surface area contributed by atoms with Gasteiger partial charge in [-0.05, 0) is 36.1 Å². The van der Waals surface area contributed by atoms with Gasteiger partial charge < -0.3 is 0 Å². The molecule has 0 radical (unpaired) electrons. The lowest BCUT2D eigenvalue weighted by Crippen LogP contribution is -2.36. The molecule has 1 N–H and O–H groups in total. The monoisotopic (exact) mass is 328 g/mol. The first-order valence-electron chi connectivity index (χ1n) is 6.32. The molecule has 0 aliphatic rings. The maximum absolute atomic E-state index is 13.3. The van der Waals surface area contributed by atoms with Crippen molar-refractivity contribution in [2.24, 2.45) is 0 Å². The molecular formula is C14H14ClFN2O2S. The molecule has 21 heavy (non-hydrogen) atoms. The number of benzene rings is 1. The standard InChI is InChI=1S/C14H14ClFN2O2S/c1-21-7-3-6-18-13(19)11(12(15)17-14(18)20)9-4-2-5-10(16)8-9/h2,4-5,8H,3,6-7H2,1H3,(H,17,20). The van der Waals surface area contributed by atoms with E-state index in [1.807, 2.05) is 6.26 Å². The van der Waals surface area contributed by atoms with E-state index in [0.717, 1.165) is 10.3 Å². The lowest BCUT2D eigenvalue weighted by molar-refractivity contribution is 0.619. The molecule has 0 spiro atoms. The van der Waals surface area contributed by atoms with E-state index in [2.05, 4.69) is 4.98 Å². The third kappa shape index (κ3) is 3.57. The average Bonchev–Trinajstić information content (AvgIpc) is 2.42. The molecule has 0 bridgehead atoms. The highest BCUT2D eigenvalue weighted by molar-refractivity contribution is 7.98. The Hall–Kier alpha value is -1.53. The fourth-order valence-electron chi connectivity index (χ4n) is 2.01. The molecule has 0 atom stereocenters. The summed E-state index contributed by atoms with van der Waals surface area (Å²) in [6.07, 6.45) is 2.64. The predicted octanol–water partition coefficient (Wildman–Crippen LogP) is 2.75. The van der Waals surface area contributed by atoms with Gasteiger partial charge in [0, 0.05) is 6.54 Å². The normalized spacial score (nSPS) is 10.8. The minimum absolute atomic E-state index is 0.0725. The third-order valence-electron chi connectivity index (χ3n) is 2.98. The molecule has 2 rings (SSSR count). The number of hydrogen-bond donors (Lipinski definition) is 1. The summed E-state index contributed by atoms with van der Waals surface area (Å²) in [7, 11) is 0. The third-order valence-corrected chi connectivity index (χ3v) is 3.96. The molecule has 0 saturated carbocycles. The summed E-state index contributed by atoms with van der Waals surface area (Å²) >= 11 is 7.59. The van der Waals surface area contributed by atoms with Crippen molar-refractivity contribution in [1.29, 1.82) is 0 Å². The number of aromatic amines is 1. The molecule has 0 saturated heterocycles. The Morgan fingerprint density at radius 3 is 2.81 bits per heavy atom. The van der Waals surface area contributed by atoms with E-state index in [0.29, 0.717) is 18.5 Å². The van der Waals surface area contributed by atoms with Crippen LogP contribution in [0, 0.1) is 5.82 Å². The van der Waals surface area contributed by atoms with Crippen LogP contribution < -0.4 is 11.2 Å². The minimum Gasteiger partial charge on any atom is -0.297 e. The molecule has 0 aliphatic heterocycles. The number of aromatic nitrogens is 2. The van der Waals surface area contributed by atoms with E-state index in [1.165, 1.54) is 18.2 Å². The van der Waals surface area contributed by atoms with Gasteiger partial charge in [0.05, 0.1) is 5.56 Å². The maximum Gasteiger partial charge on any atom is 0.329 e. The molecule has 7 heteroatoms. The van der Waals surface area contributed by atoms with Crippen LogP contribution in [0.5, 0.6) is 0 Å². The van der Waals surface area contributed by atoms with Crippen molar-refractivity contribution in [2.75, 3.05) is 12.0 Å². The minimum atomic E-state index is -0.550. The zero-order valence-electron chi connectivity index (χ0n) is 11.4. The Bertz CT molecular complexity index is 757. The highest BCUT2D eigenvalue weighted by Gasteiger charge is 2.14. The summed E-state index contributed by atoms with van der Waals surface area (Å²) in [6, 6.07) is 5.56. The first-order valence-corrected chi connectivity index (χ1v) is 8.09. The van der Waals surface area contributed by atoms with Crippen LogP contribution in [0.1, 0.15) is 6.42 Å². The van der Waals surface area contributed by atoms with Gasteiger partial charge in [-0.3, -0.25) is 14.3 Å². The van der Waals surface area contributed by atoms with Gasteiger partial charge in [-0.2, -0.15) is 11.8 Å². The Morgan fingerprint density at radius 1 is 1.38 bits per heavy atom. The SMILES string of the molecule is CSCCCn1c(=O)[nH]c(Cl)c(-c2cccc(F)c2)c1=O. The fraction of sp³-hybridized carbons (Fsp3) is 0.286. The van der Waals surface area contributed by atoms with Crippen molar-refractivity contribution in [3.8, 4) is 11.1 Å². The van der Waals surface area contributed by atoms with E-state index in [-0.39, 0.29) is 10.7 Å². The van der Waals surface area contributed by atoms with Gasteiger partial charge in [0.1, 0.15) is 11.0 Å². The zero-order valence-corrected chi connectivity index (χ0v) is 12.9. The van der Waals surface area contributed by atoms with Crippen LogP contribution in [0.4, 0.5) is 4.39 Å². The summed E-state index contributed by atoms with van der Waals surface area (Å²) in [4.78, 5) is 26.7. The van der Waals surface area contributed by atoms with Gasteiger partial charge in [0.15, 0.2) is 0 Å². The lowest BCUT2D eigenvalue weighted by Gasteiger charge is -2.09.